The first-order valence-electron chi connectivity index (χ1n) is 10.4. The van der Waals surface area contributed by atoms with E-state index in [4.69, 9.17) is 4.42 Å². The molecule has 7 nitrogen and oxygen atoms in total. The number of carbonyl (C=O) groups is 1. The van der Waals surface area contributed by atoms with Crippen LogP contribution in [0.15, 0.2) is 34.9 Å². The number of hydrogen-bond donors (Lipinski definition) is 0. The van der Waals surface area contributed by atoms with E-state index in [1.165, 1.54) is 18.4 Å². The molecule has 0 spiro atoms. The molecule has 0 aliphatic carbocycles. The first-order chi connectivity index (χ1) is 14.8. The number of hydrogen-bond acceptors (Lipinski definition) is 6. The predicted octanol–water partition coefficient (Wildman–Crippen LogP) is 2.40. The van der Waals surface area contributed by atoms with Crippen LogP contribution in [0.1, 0.15) is 21.9 Å². The maximum absolute atomic E-state index is 13.0. The van der Waals surface area contributed by atoms with Gasteiger partial charge < -0.3 is 19.1 Å². The van der Waals surface area contributed by atoms with Crippen molar-refractivity contribution in [2.45, 2.75) is 12.7 Å². The van der Waals surface area contributed by atoms with Crippen molar-refractivity contribution in [3.05, 3.63) is 47.7 Å². The molecule has 0 radical (unpaired) electrons. The van der Waals surface area contributed by atoms with E-state index in [0.29, 0.717) is 63.1 Å². The van der Waals surface area contributed by atoms with Crippen LogP contribution in [0, 0.1) is 0 Å². The maximum Gasteiger partial charge on any atom is 0.416 e. The topological polar surface area (TPSA) is 56.1 Å². The summed E-state index contributed by atoms with van der Waals surface area (Å²) in [6, 6.07) is 5.43. The van der Waals surface area contributed by atoms with Crippen molar-refractivity contribution >= 4 is 11.6 Å². The first-order valence-corrected chi connectivity index (χ1v) is 10.4. The zero-order chi connectivity index (χ0) is 22.0. The fourth-order valence-electron chi connectivity index (χ4n) is 3.89. The van der Waals surface area contributed by atoms with Gasteiger partial charge in [0, 0.05) is 58.0 Å². The fraction of sp³-hybridized carbons (Fsp3) is 0.524. The van der Waals surface area contributed by atoms with Crippen LogP contribution in [0.3, 0.4) is 0 Å². The number of alkyl halides is 3. The summed E-state index contributed by atoms with van der Waals surface area (Å²) in [5, 5.41) is 0. The fourth-order valence-corrected chi connectivity index (χ4v) is 3.89. The summed E-state index contributed by atoms with van der Waals surface area (Å²) >= 11 is 0. The van der Waals surface area contributed by atoms with Gasteiger partial charge in [0.05, 0.1) is 12.1 Å². The highest BCUT2D eigenvalue weighted by Crippen LogP contribution is 2.32. The highest BCUT2D eigenvalue weighted by Gasteiger charge is 2.31. The summed E-state index contributed by atoms with van der Waals surface area (Å²) in [4.78, 5) is 25.0. The number of rotatable bonds is 4. The minimum Gasteiger partial charge on any atom is -0.447 e. The standard InChI is InChI=1S/C21H26F3N5O2/c1-26-5-9-29(10-6-26)20(30)18-15-31-19(25-18)14-27-7-11-28(12-8-27)17-4-2-3-16(13-17)21(22,23)24/h2-4,13,15H,5-12,14H2,1H3. The molecule has 3 heterocycles. The molecule has 168 valence electrons. The Morgan fingerprint density at radius 2 is 1.77 bits per heavy atom. The lowest BCUT2D eigenvalue weighted by Gasteiger charge is -2.35. The molecule has 2 aliphatic heterocycles. The van der Waals surface area contributed by atoms with Gasteiger partial charge in [0.2, 0.25) is 5.89 Å². The second-order valence-electron chi connectivity index (χ2n) is 8.03. The van der Waals surface area contributed by atoms with Crippen LogP contribution in [0.5, 0.6) is 0 Å². The Hall–Kier alpha value is -2.59. The Balaban J connectivity index is 1.30. The monoisotopic (exact) mass is 437 g/mol. The molecule has 4 rings (SSSR count). The maximum atomic E-state index is 13.0. The Labute approximate surface area is 179 Å². The summed E-state index contributed by atoms with van der Waals surface area (Å²) in [6.07, 6.45) is -2.93. The third-order valence-corrected chi connectivity index (χ3v) is 5.83. The molecule has 2 aliphatic rings. The normalized spacial score (nSPS) is 19.1. The van der Waals surface area contributed by atoms with E-state index in [1.807, 2.05) is 11.9 Å². The molecule has 1 aromatic heterocycles. The van der Waals surface area contributed by atoms with E-state index < -0.39 is 11.7 Å². The third-order valence-electron chi connectivity index (χ3n) is 5.83. The van der Waals surface area contributed by atoms with Crippen molar-refractivity contribution in [1.82, 2.24) is 19.7 Å². The number of carbonyl (C=O) groups excluding carboxylic acids is 1. The average Bonchev–Trinajstić information content (AvgIpc) is 3.22. The number of aromatic nitrogens is 1. The van der Waals surface area contributed by atoms with Gasteiger partial charge in [-0.25, -0.2) is 4.98 Å². The van der Waals surface area contributed by atoms with Crippen LogP contribution < -0.4 is 4.90 Å². The molecule has 1 amide bonds. The smallest absolute Gasteiger partial charge is 0.416 e. The number of oxazole rings is 1. The highest BCUT2D eigenvalue weighted by atomic mass is 19.4. The molecule has 0 unspecified atom stereocenters. The van der Waals surface area contributed by atoms with E-state index in [1.54, 1.807) is 11.0 Å². The predicted molar refractivity (Wildman–Crippen MR) is 109 cm³/mol. The molecule has 0 saturated carbocycles. The largest absolute Gasteiger partial charge is 0.447 e. The van der Waals surface area contributed by atoms with Crippen LogP contribution in [-0.2, 0) is 12.7 Å². The second kappa shape index (κ2) is 8.88. The van der Waals surface area contributed by atoms with Gasteiger partial charge in [-0.1, -0.05) is 6.07 Å². The number of benzene rings is 1. The van der Waals surface area contributed by atoms with Gasteiger partial charge in [0.15, 0.2) is 5.69 Å². The quantitative estimate of drug-likeness (QED) is 0.732. The lowest BCUT2D eigenvalue weighted by atomic mass is 10.1. The van der Waals surface area contributed by atoms with E-state index in [2.05, 4.69) is 14.8 Å². The Morgan fingerprint density at radius 3 is 2.45 bits per heavy atom. The molecule has 0 atom stereocenters. The van der Waals surface area contributed by atoms with Crippen molar-refractivity contribution in [3.63, 3.8) is 0 Å². The lowest BCUT2D eigenvalue weighted by Crippen LogP contribution is -2.47. The van der Waals surface area contributed by atoms with Crippen molar-refractivity contribution in [1.29, 1.82) is 0 Å². The zero-order valence-electron chi connectivity index (χ0n) is 17.4. The molecule has 2 saturated heterocycles. The third kappa shape index (κ3) is 5.19. The molecular weight excluding hydrogens is 411 g/mol. The summed E-state index contributed by atoms with van der Waals surface area (Å²) in [7, 11) is 2.03. The summed E-state index contributed by atoms with van der Waals surface area (Å²) in [5.41, 5.74) is 0.262. The first kappa shape index (κ1) is 21.6. The van der Waals surface area contributed by atoms with Crippen molar-refractivity contribution in [3.8, 4) is 0 Å². The molecule has 1 aromatic carbocycles. The van der Waals surface area contributed by atoms with Crippen LogP contribution in [0.4, 0.5) is 18.9 Å². The van der Waals surface area contributed by atoms with Gasteiger partial charge in [-0.2, -0.15) is 13.2 Å². The lowest BCUT2D eigenvalue weighted by molar-refractivity contribution is -0.137. The van der Waals surface area contributed by atoms with Gasteiger partial charge >= 0.3 is 6.18 Å². The minimum atomic E-state index is -4.35. The van der Waals surface area contributed by atoms with Crippen molar-refractivity contribution in [2.24, 2.45) is 0 Å². The zero-order valence-corrected chi connectivity index (χ0v) is 17.4. The molecule has 0 bridgehead atoms. The minimum absolute atomic E-state index is 0.113. The molecule has 10 heteroatoms. The molecular formula is C21H26F3N5O2. The van der Waals surface area contributed by atoms with Gasteiger partial charge in [-0.05, 0) is 25.2 Å². The summed E-state index contributed by atoms with van der Waals surface area (Å²) in [5.74, 6) is 0.363. The van der Waals surface area contributed by atoms with Gasteiger partial charge in [-0.15, -0.1) is 0 Å². The average molecular weight is 437 g/mol. The number of nitrogens with zero attached hydrogens (tertiary/aromatic N) is 5. The SMILES string of the molecule is CN1CCN(C(=O)c2coc(CN3CCN(c4cccc(C(F)(F)F)c4)CC3)n2)CC1. The van der Waals surface area contributed by atoms with Crippen LogP contribution in [-0.4, -0.2) is 85.0 Å². The Bertz CT molecular complexity index is 900. The Kier molecular flexibility index (Phi) is 6.19. The number of anilines is 1. The summed E-state index contributed by atoms with van der Waals surface area (Å²) in [6.45, 7) is 6.04. The van der Waals surface area contributed by atoms with Crippen LogP contribution in [0.25, 0.3) is 0 Å². The summed E-state index contributed by atoms with van der Waals surface area (Å²) < 4.78 is 44.4. The Morgan fingerprint density at radius 1 is 1.06 bits per heavy atom. The van der Waals surface area contributed by atoms with Crippen LogP contribution in [0.2, 0.25) is 0 Å². The van der Waals surface area contributed by atoms with Gasteiger partial charge in [0.25, 0.3) is 5.91 Å². The van der Waals surface area contributed by atoms with Crippen molar-refractivity contribution in [2.75, 3.05) is 64.3 Å². The number of piperazine rings is 2. The molecule has 0 N–H and O–H groups in total. The number of amides is 1. The van der Waals surface area contributed by atoms with Gasteiger partial charge in [-0.3, -0.25) is 9.69 Å². The number of halogens is 3. The van der Waals surface area contributed by atoms with E-state index in [9.17, 15) is 18.0 Å². The van der Waals surface area contributed by atoms with Crippen LogP contribution >= 0.6 is 0 Å². The molecule has 2 aromatic rings. The van der Waals surface area contributed by atoms with E-state index in [-0.39, 0.29) is 5.91 Å². The molecule has 31 heavy (non-hydrogen) atoms. The highest BCUT2D eigenvalue weighted by molar-refractivity contribution is 5.92. The van der Waals surface area contributed by atoms with Gasteiger partial charge in [0.1, 0.15) is 6.26 Å². The molecule has 2 fully saturated rings. The van der Waals surface area contributed by atoms with E-state index >= 15 is 0 Å². The van der Waals surface area contributed by atoms with E-state index in [0.717, 1.165) is 19.2 Å². The van der Waals surface area contributed by atoms with Crippen molar-refractivity contribution < 1.29 is 22.4 Å². The second-order valence-corrected chi connectivity index (χ2v) is 8.03. The number of likely N-dealkylation sites (N-methyl/N-ethyl adjacent to an activating group) is 1.